The van der Waals surface area contributed by atoms with Gasteiger partial charge in [-0.15, -0.1) is 0 Å². The smallest absolute Gasteiger partial charge is 0.258 e. The molecule has 0 bridgehead atoms. The Bertz CT molecular complexity index is 1040. The highest BCUT2D eigenvalue weighted by Crippen LogP contribution is 2.22. The highest BCUT2D eigenvalue weighted by molar-refractivity contribution is 6.04. The Kier molecular flexibility index (Phi) is 4.77. The maximum atomic E-state index is 14.7. The van der Waals surface area contributed by atoms with Crippen LogP contribution in [0.25, 0.3) is 5.65 Å². The van der Waals surface area contributed by atoms with E-state index in [1.807, 2.05) is 36.6 Å². The summed E-state index contributed by atoms with van der Waals surface area (Å²) in [6.07, 6.45) is 3.68. The Morgan fingerprint density at radius 2 is 2.11 bits per heavy atom. The molecule has 0 saturated carbocycles. The quantitative estimate of drug-likeness (QED) is 0.732. The highest BCUT2D eigenvalue weighted by Gasteiger charge is 2.19. The number of anilines is 2. The molecule has 6 nitrogen and oxygen atoms in total. The number of rotatable bonds is 3. The van der Waals surface area contributed by atoms with Gasteiger partial charge in [-0.3, -0.25) is 4.79 Å². The number of benzene rings is 1. The SMILES string of the molecule is Cc1cn2cc(NC(=O)c3ccc(N4CCNC(C)C4)cc3F)cc(C)c2n1. The predicted molar refractivity (Wildman–Crippen MR) is 109 cm³/mol. The third-order valence-electron chi connectivity index (χ3n) is 5.04. The van der Waals surface area contributed by atoms with Crippen LogP contribution in [0.15, 0.2) is 36.7 Å². The summed E-state index contributed by atoms with van der Waals surface area (Å²) in [4.78, 5) is 19.2. The number of piperazine rings is 1. The predicted octanol–water partition coefficient (Wildman–Crippen LogP) is 3.14. The van der Waals surface area contributed by atoms with Crippen LogP contribution >= 0.6 is 0 Å². The van der Waals surface area contributed by atoms with E-state index in [2.05, 4.69) is 27.4 Å². The number of pyridine rings is 1. The summed E-state index contributed by atoms with van der Waals surface area (Å²) < 4.78 is 16.5. The number of aryl methyl sites for hydroxylation is 2. The molecule has 1 unspecified atom stereocenters. The minimum Gasteiger partial charge on any atom is -0.369 e. The van der Waals surface area contributed by atoms with Crippen molar-refractivity contribution >= 4 is 22.9 Å². The lowest BCUT2D eigenvalue weighted by atomic mass is 10.1. The lowest BCUT2D eigenvalue weighted by molar-refractivity contribution is 0.102. The van der Waals surface area contributed by atoms with E-state index in [9.17, 15) is 9.18 Å². The third kappa shape index (κ3) is 3.57. The molecule has 3 heterocycles. The van der Waals surface area contributed by atoms with Gasteiger partial charge in [0.2, 0.25) is 0 Å². The van der Waals surface area contributed by atoms with Crippen LogP contribution < -0.4 is 15.5 Å². The summed E-state index contributed by atoms with van der Waals surface area (Å²) in [5.74, 6) is -0.981. The normalized spacial score (nSPS) is 17.1. The van der Waals surface area contributed by atoms with Crippen LogP contribution in [0.3, 0.4) is 0 Å². The molecule has 0 aliphatic carbocycles. The molecule has 1 amide bonds. The van der Waals surface area contributed by atoms with Gasteiger partial charge in [0.1, 0.15) is 11.5 Å². The summed E-state index contributed by atoms with van der Waals surface area (Å²) >= 11 is 0. The maximum Gasteiger partial charge on any atom is 0.258 e. The van der Waals surface area contributed by atoms with Crippen molar-refractivity contribution in [2.75, 3.05) is 29.9 Å². The number of hydrogen-bond donors (Lipinski definition) is 2. The van der Waals surface area contributed by atoms with Crippen LogP contribution in [0.5, 0.6) is 0 Å². The standard InChI is InChI=1S/C21H24FN5O/c1-13-8-16(12-27-11-15(3)24-20(13)27)25-21(28)18-5-4-17(9-19(18)22)26-7-6-23-14(2)10-26/h4-5,8-9,11-12,14,23H,6-7,10H2,1-3H3,(H,25,28). The molecule has 1 aliphatic rings. The van der Waals surface area contributed by atoms with Crippen LogP contribution in [-0.2, 0) is 0 Å². The number of nitrogens with one attached hydrogen (secondary N) is 2. The van der Waals surface area contributed by atoms with Gasteiger partial charge in [0.05, 0.1) is 16.9 Å². The van der Waals surface area contributed by atoms with E-state index in [1.165, 1.54) is 6.07 Å². The Hall–Kier alpha value is -2.93. The topological polar surface area (TPSA) is 61.7 Å². The zero-order chi connectivity index (χ0) is 19.8. The van der Waals surface area contributed by atoms with Gasteiger partial charge >= 0.3 is 0 Å². The first-order chi connectivity index (χ1) is 13.4. The van der Waals surface area contributed by atoms with Crippen LogP contribution in [0.4, 0.5) is 15.8 Å². The molecule has 1 atom stereocenters. The number of halogens is 1. The highest BCUT2D eigenvalue weighted by atomic mass is 19.1. The number of nitrogens with zero attached hydrogens (tertiary/aromatic N) is 3. The van der Waals surface area contributed by atoms with Crippen LogP contribution in [-0.4, -0.2) is 41.0 Å². The maximum absolute atomic E-state index is 14.7. The van der Waals surface area contributed by atoms with Crippen molar-refractivity contribution in [2.24, 2.45) is 0 Å². The van der Waals surface area contributed by atoms with Gasteiger partial charge in [0.15, 0.2) is 0 Å². The second kappa shape index (κ2) is 7.24. The van der Waals surface area contributed by atoms with E-state index in [-0.39, 0.29) is 5.56 Å². The van der Waals surface area contributed by atoms with Crippen LogP contribution in [0.2, 0.25) is 0 Å². The second-order valence-electron chi connectivity index (χ2n) is 7.44. The fraction of sp³-hybridized carbons (Fsp3) is 0.333. The summed E-state index contributed by atoms with van der Waals surface area (Å²) in [6.45, 7) is 8.45. The fourth-order valence-electron chi connectivity index (χ4n) is 3.71. The van der Waals surface area contributed by atoms with E-state index in [1.54, 1.807) is 12.3 Å². The number of hydrogen-bond acceptors (Lipinski definition) is 4. The summed E-state index contributed by atoms with van der Waals surface area (Å²) in [5, 5.41) is 6.16. The monoisotopic (exact) mass is 381 g/mol. The Labute approximate surface area is 163 Å². The average Bonchev–Trinajstić information content (AvgIpc) is 3.02. The van der Waals surface area contributed by atoms with Gasteiger partial charge in [-0.25, -0.2) is 9.37 Å². The van der Waals surface area contributed by atoms with Crippen molar-refractivity contribution < 1.29 is 9.18 Å². The van der Waals surface area contributed by atoms with Gasteiger partial charge in [-0.2, -0.15) is 0 Å². The van der Waals surface area contributed by atoms with E-state index >= 15 is 0 Å². The number of fused-ring (bicyclic) bond motifs is 1. The first kappa shape index (κ1) is 18.4. The average molecular weight is 381 g/mol. The molecule has 1 aliphatic heterocycles. The third-order valence-corrected chi connectivity index (χ3v) is 5.04. The molecule has 2 N–H and O–H groups in total. The Balaban J connectivity index is 1.55. The van der Waals surface area contributed by atoms with Crippen molar-refractivity contribution in [3.05, 3.63) is 59.3 Å². The molecule has 0 radical (unpaired) electrons. The number of carbonyl (C=O) groups excluding carboxylic acids is 1. The number of carbonyl (C=O) groups is 1. The molecule has 3 aromatic rings. The second-order valence-corrected chi connectivity index (χ2v) is 7.44. The van der Waals surface area contributed by atoms with Gasteiger partial charge in [-0.05, 0) is 50.6 Å². The molecule has 28 heavy (non-hydrogen) atoms. The molecule has 7 heteroatoms. The minimum atomic E-state index is -0.516. The zero-order valence-electron chi connectivity index (χ0n) is 16.3. The van der Waals surface area contributed by atoms with Crippen LogP contribution in [0.1, 0.15) is 28.5 Å². The molecule has 1 aromatic carbocycles. The lowest BCUT2D eigenvalue weighted by Gasteiger charge is -2.33. The fourth-order valence-corrected chi connectivity index (χ4v) is 3.71. The van der Waals surface area contributed by atoms with Gasteiger partial charge < -0.3 is 19.9 Å². The van der Waals surface area contributed by atoms with Gasteiger partial charge in [0.25, 0.3) is 5.91 Å². The van der Waals surface area contributed by atoms with Gasteiger partial charge in [0, 0.05) is 43.8 Å². The minimum absolute atomic E-state index is 0.0338. The van der Waals surface area contributed by atoms with Crippen molar-refractivity contribution in [3.8, 4) is 0 Å². The number of amides is 1. The van der Waals surface area contributed by atoms with E-state index in [0.717, 1.165) is 42.2 Å². The van der Waals surface area contributed by atoms with E-state index in [4.69, 9.17) is 0 Å². The largest absolute Gasteiger partial charge is 0.369 e. The molecular formula is C21H24FN5O. The van der Waals surface area contributed by atoms with Gasteiger partial charge in [-0.1, -0.05) is 0 Å². The van der Waals surface area contributed by atoms with E-state index in [0.29, 0.717) is 11.7 Å². The summed E-state index contributed by atoms with van der Waals surface area (Å²) in [6, 6.07) is 7.00. The Morgan fingerprint density at radius 3 is 2.86 bits per heavy atom. The lowest BCUT2D eigenvalue weighted by Crippen LogP contribution is -2.49. The summed E-state index contributed by atoms with van der Waals surface area (Å²) in [7, 11) is 0. The van der Waals surface area contributed by atoms with E-state index < -0.39 is 11.7 Å². The zero-order valence-corrected chi connectivity index (χ0v) is 16.3. The molecule has 1 saturated heterocycles. The molecule has 4 rings (SSSR count). The molecule has 0 spiro atoms. The first-order valence-corrected chi connectivity index (χ1v) is 9.46. The number of aromatic nitrogens is 2. The molecule has 2 aromatic heterocycles. The van der Waals surface area contributed by atoms with Crippen molar-refractivity contribution in [2.45, 2.75) is 26.8 Å². The molecule has 146 valence electrons. The van der Waals surface area contributed by atoms with Crippen molar-refractivity contribution in [3.63, 3.8) is 0 Å². The molecule has 1 fully saturated rings. The Morgan fingerprint density at radius 1 is 1.29 bits per heavy atom. The van der Waals surface area contributed by atoms with Crippen molar-refractivity contribution in [1.82, 2.24) is 14.7 Å². The summed E-state index contributed by atoms with van der Waals surface area (Å²) in [5.41, 5.74) is 4.12. The van der Waals surface area contributed by atoms with Crippen LogP contribution in [0, 0.1) is 19.7 Å². The van der Waals surface area contributed by atoms with Crippen molar-refractivity contribution in [1.29, 1.82) is 0 Å². The number of imidazole rings is 1. The molecular weight excluding hydrogens is 357 g/mol. The first-order valence-electron chi connectivity index (χ1n) is 9.46.